The van der Waals surface area contributed by atoms with Crippen LogP contribution in [0.4, 0.5) is 0 Å². The Morgan fingerprint density at radius 1 is 1.11 bits per heavy atom. The molecule has 0 bridgehead atoms. The van der Waals surface area contributed by atoms with Crippen molar-refractivity contribution in [2.24, 2.45) is 0 Å². The van der Waals surface area contributed by atoms with Gasteiger partial charge in [0, 0.05) is 4.88 Å². The SMILES string of the molecule is CCNC(c1ccc(C)c(C)c1)c1sccc1CC. The fourth-order valence-electron chi connectivity index (χ4n) is 2.40. The van der Waals surface area contributed by atoms with Gasteiger partial charge in [-0.1, -0.05) is 32.0 Å². The van der Waals surface area contributed by atoms with Crippen molar-refractivity contribution < 1.29 is 0 Å². The summed E-state index contributed by atoms with van der Waals surface area (Å²) in [5.74, 6) is 0. The summed E-state index contributed by atoms with van der Waals surface area (Å²) in [6.45, 7) is 9.75. The lowest BCUT2D eigenvalue weighted by atomic mass is 9.98. The van der Waals surface area contributed by atoms with Crippen LogP contribution >= 0.6 is 11.3 Å². The van der Waals surface area contributed by atoms with E-state index in [1.54, 1.807) is 0 Å². The van der Waals surface area contributed by atoms with E-state index in [1.807, 2.05) is 11.3 Å². The molecule has 1 N–H and O–H groups in total. The first-order valence-electron chi connectivity index (χ1n) is 7.04. The van der Waals surface area contributed by atoms with Crippen molar-refractivity contribution in [3.63, 3.8) is 0 Å². The van der Waals surface area contributed by atoms with E-state index in [-0.39, 0.29) is 0 Å². The van der Waals surface area contributed by atoms with Gasteiger partial charge in [0.25, 0.3) is 0 Å². The smallest absolute Gasteiger partial charge is 0.0673 e. The second-order valence-electron chi connectivity index (χ2n) is 5.00. The zero-order valence-corrected chi connectivity index (χ0v) is 13.1. The van der Waals surface area contributed by atoms with E-state index in [1.165, 1.54) is 27.1 Å². The third-order valence-electron chi connectivity index (χ3n) is 3.70. The van der Waals surface area contributed by atoms with Gasteiger partial charge >= 0.3 is 0 Å². The van der Waals surface area contributed by atoms with Gasteiger partial charge in [-0.05, 0) is 60.5 Å². The fraction of sp³-hybridized carbons (Fsp3) is 0.412. The monoisotopic (exact) mass is 273 g/mol. The van der Waals surface area contributed by atoms with E-state index >= 15 is 0 Å². The average molecular weight is 273 g/mol. The molecule has 1 aromatic carbocycles. The molecule has 0 saturated heterocycles. The number of thiophene rings is 1. The second kappa shape index (κ2) is 6.36. The summed E-state index contributed by atoms with van der Waals surface area (Å²) in [7, 11) is 0. The maximum absolute atomic E-state index is 3.63. The number of hydrogen-bond acceptors (Lipinski definition) is 2. The Labute approximate surface area is 120 Å². The highest BCUT2D eigenvalue weighted by Crippen LogP contribution is 2.31. The first kappa shape index (κ1) is 14.3. The number of aryl methyl sites for hydroxylation is 3. The first-order chi connectivity index (χ1) is 9.17. The molecular weight excluding hydrogens is 250 g/mol. The van der Waals surface area contributed by atoms with Gasteiger partial charge in [-0.25, -0.2) is 0 Å². The van der Waals surface area contributed by atoms with Gasteiger partial charge in [0.2, 0.25) is 0 Å². The summed E-state index contributed by atoms with van der Waals surface area (Å²) >= 11 is 1.86. The number of rotatable bonds is 5. The van der Waals surface area contributed by atoms with E-state index in [0.717, 1.165) is 13.0 Å². The Balaban J connectivity index is 2.42. The highest BCUT2D eigenvalue weighted by atomic mass is 32.1. The van der Waals surface area contributed by atoms with Crippen LogP contribution in [0, 0.1) is 13.8 Å². The van der Waals surface area contributed by atoms with E-state index in [4.69, 9.17) is 0 Å². The summed E-state index contributed by atoms with van der Waals surface area (Å²) in [5, 5.41) is 5.84. The zero-order valence-electron chi connectivity index (χ0n) is 12.3. The standard InChI is InChI=1S/C17H23NS/c1-5-14-9-10-19-17(14)16(18-6-2)15-8-7-12(3)13(4)11-15/h7-11,16,18H,5-6H2,1-4H3. The molecule has 1 aromatic heterocycles. The summed E-state index contributed by atoms with van der Waals surface area (Å²) in [4.78, 5) is 1.47. The minimum absolute atomic E-state index is 0.333. The maximum Gasteiger partial charge on any atom is 0.0673 e. The van der Waals surface area contributed by atoms with Gasteiger partial charge in [0.1, 0.15) is 0 Å². The van der Waals surface area contributed by atoms with Crippen LogP contribution in [0.1, 0.15) is 47.0 Å². The van der Waals surface area contributed by atoms with E-state index in [0.29, 0.717) is 6.04 Å². The molecule has 0 radical (unpaired) electrons. The summed E-state index contributed by atoms with van der Waals surface area (Å²) < 4.78 is 0. The third-order valence-corrected chi connectivity index (χ3v) is 4.72. The van der Waals surface area contributed by atoms with E-state index in [2.05, 4.69) is 62.7 Å². The second-order valence-corrected chi connectivity index (χ2v) is 5.95. The van der Waals surface area contributed by atoms with Crippen molar-refractivity contribution in [2.45, 2.75) is 40.2 Å². The zero-order chi connectivity index (χ0) is 13.8. The molecule has 0 fully saturated rings. The van der Waals surface area contributed by atoms with Crippen LogP contribution in [0.15, 0.2) is 29.6 Å². The van der Waals surface area contributed by atoms with Crippen molar-refractivity contribution in [1.29, 1.82) is 0 Å². The van der Waals surface area contributed by atoms with Gasteiger partial charge in [-0.15, -0.1) is 11.3 Å². The molecule has 1 unspecified atom stereocenters. The van der Waals surface area contributed by atoms with Gasteiger partial charge in [-0.3, -0.25) is 0 Å². The molecule has 0 aliphatic carbocycles. The topological polar surface area (TPSA) is 12.0 Å². The van der Waals surface area contributed by atoms with Crippen molar-refractivity contribution >= 4 is 11.3 Å². The van der Waals surface area contributed by atoms with Crippen LogP contribution in [0.3, 0.4) is 0 Å². The van der Waals surface area contributed by atoms with E-state index in [9.17, 15) is 0 Å². The van der Waals surface area contributed by atoms with E-state index < -0.39 is 0 Å². The Hall–Kier alpha value is -1.12. The first-order valence-corrected chi connectivity index (χ1v) is 7.92. The van der Waals surface area contributed by atoms with Gasteiger partial charge in [0.15, 0.2) is 0 Å². The van der Waals surface area contributed by atoms with Crippen LogP contribution < -0.4 is 5.32 Å². The molecule has 19 heavy (non-hydrogen) atoms. The molecule has 2 heteroatoms. The molecule has 2 aromatic rings. The minimum Gasteiger partial charge on any atom is -0.306 e. The molecule has 102 valence electrons. The van der Waals surface area contributed by atoms with Crippen molar-refractivity contribution in [3.8, 4) is 0 Å². The maximum atomic E-state index is 3.63. The normalized spacial score (nSPS) is 12.6. The molecular formula is C17H23NS. The van der Waals surface area contributed by atoms with Crippen LogP contribution in [0.25, 0.3) is 0 Å². The lowest BCUT2D eigenvalue weighted by Gasteiger charge is -2.20. The molecule has 0 amide bonds. The quantitative estimate of drug-likeness (QED) is 0.837. The summed E-state index contributed by atoms with van der Waals surface area (Å²) in [6, 6.07) is 9.40. The van der Waals surface area contributed by atoms with Crippen molar-refractivity contribution in [3.05, 3.63) is 56.8 Å². The van der Waals surface area contributed by atoms with Gasteiger partial charge in [0.05, 0.1) is 6.04 Å². The summed E-state index contributed by atoms with van der Waals surface area (Å²) in [6.07, 6.45) is 1.10. The van der Waals surface area contributed by atoms with Crippen LogP contribution in [0.5, 0.6) is 0 Å². The lowest BCUT2D eigenvalue weighted by Crippen LogP contribution is -2.22. The molecule has 1 heterocycles. The number of hydrogen-bond donors (Lipinski definition) is 1. The summed E-state index contributed by atoms with van der Waals surface area (Å²) in [5.41, 5.74) is 5.58. The predicted molar refractivity (Wildman–Crippen MR) is 85.1 cm³/mol. The van der Waals surface area contributed by atoms with Crippen molar-refractivity contribution in [2.75, 3.05) is 6.54 Å². The van der Waals surface area contributed by atoms with Crippen molar-refractivity contribution in [1.82, 2.24) is 5.32 Å². The minimum atomic E-state index is 0.333. The Morgan fingerprint density at radius 3 is 2.53 bits per heavy atom. The molecule has 0 aliphatic rings. The van der Waals surface area contributed by atoms with Gasteiger partial charge in [-0.2, -0.15) is 0 Å². The van der Waals surface area contributed by atoms with Crippen LogP contribution in [-0.4, -0.2) is 6.54 Å². The Bertz CT molecular complexity index is 542. The number of benzene rings is 1. The lowest BCUT2D eigenvalue weighted by molar-refractivity contribution is 0.635. The highest BCUT2D eigenvalue weighted by molar-refractivity contribution is 7.10. The molecule has 1 nitrogen and oxygen atoms in total. The van der Waals surface area contributed by atoms with Gasteiger partial charge < -0.3 is 5.32 Å². The third kappa shape index (κ3) is 3.07. The fourth-order valence-corrected chi connectivity index (χ4v) is 3.50. The molecule has 0 saturated carbocycles. The molecule has 2 rings (SSSR count). The number of nitrogens with one attached hydrogen (secondary N) is 1. The molecule has 0 spiro atoms. The van der Waals surface area contributed by atoms with Crippen LogP contribution in [-0.2, 0) is 6.42 Å². The largest absolute Gasteiger partial charge is 0.306 e. The molecule has 0 aliphatic heterocycles. The van der Waals surface area contributed by atoms with Crippen LogP contribution in [0.2, 0.25) is 0 Å². The Morgan fingerprint density at radius 2 is 1.89 bits per heavy atom. The predicted octanol–water partition coefficient (Wildman–Crippen LogP) is 4.63. The average Bonchev–Trinajstić information content (AvgIpc) is 2.87. The highest BCUT2D eigenvalue weighted by Gasteiger charge is 2.17. The Kier molecular flexibility index (Phi) is 4.78. The molecule has 1 atom stereocenters.